The fraction of sp³-hybridized carbons (Fsp3) is 0.467. The third-order valence-corrected chi connectivity index (χ3v) is 4.44. The molecule has 4 heteroatoms. The van der Waals surface area contributed by atoms with Crippen molar-refractivity contribution in [1.82, 2.24) is 0 Å². The van der Waals surface area contributed by atoms with E-state index in [9.17, 15) is 4.39 Å². The Hall–Kier alpha value is -1.13. The normalized spacial score (nSPS) is 22.9. The lowest BCUT2D eigenvalue weighted by Gasteiger charge is -2.32. The van der Waals surface area contributed by atoms with Crippen LogP contribution in [0.15, 0.2) is 18.2 Å². The van der Waals surface area contributed by atoms with Crippen LogP contribution in [0.4, 0.5) is 4.39 Å². The lowest BCUT2D eigenvalue weighted by Crippen LogP contribution is -2.41. The van der Waals surface area contributed by atoms with E-state index in [1.807, 2.05) is 45.9 Å². The number of fused-ring (bicyclic) bond motifs is 1. The summed E-state index contributed by atoms with van der Waals surface area (Å²) in [5.41, 5.74) is 1.31. The van der Waals surface area contributed by atoms with E-state index < -0.39 is 18.3 Å². The van der Waals surface area contributed by atoms with Crippen LogP contribution in [0.25, 0.3) is 6.08 Å². The van der Waals surface area contributed by atoms with Gasteiger partial charge < -0.3 is 9.31 Å². The predicted molar refractivity (Wildman–Crippen MR) is 74.9 cm³/mol. The van der Waals surface area contributed by atoms with Crippen molar-refractivity contribution in [3.63, 3.8) is 0 Å². The van der Waals surface area contributed by atoms with Crippen LogP contribution in [0.3, 0.4) is 0 Å². The monoisotopic (exact) mass is 260 g/mol. The minimum atomic E-state index is -0.629. The summed E-state index contributed by atoms with van der Waals surface area (Å²) in [6.45, 7) is 7.89. The first-order valence-corrected chi connectivity index (χ1v) is 6.65. The summed E-state index contributed by atoms with van der Waals surface area (Å²) in [7, 11) is -0.629. The maximum absolute atomic E-state index is 14.5. The van der Waals surface area contributed by atoms with Crippen molar-refractivity contribution >= 4 is 18.7 Å². The Balaban J connectivity index is 1.98. The lowest BCUT2D eigenvalue weighted by atomic mass is 9.77. The molecule has 0 spiro atoms. The molecule has 1 saturated heterocycles. The SMILES string of the molecule is CC1(C)OB(c2ccc3c(c2F)CC=C3)OC1(C)C. The van der Waals surface area contributed by atoms with Gasteiger partial charge in [-0.25, -0.2) is 4.39 Å². The highest BCUT2D eigenvalue weighted by Crippen LogP contribution is 2.37. The van der Waals surface area contributed by atoms with Crippen molar-refractivity contribution in [1.29, 1.82) is 0 Å². The number of allylic oxidation sites excluding steroid dienone is 1. The first kappa shape index (κ1) is 12.9. The molecule has 0 bridgehead atoms. The Bertz CT molecular complexity index is 548. The van der Waals surface area contributed by atoms with Gasteiger partial charge in [0.2, 0.25) is 0 Å². The largest absolute Gasteiger partial charge is 0.497 e. The first-order valence-electron chi connectivity index (χ1n) is 6.65. The molecule has 2 nitrogen and oxygen atoms in total. The highest BCUT2D eigenvalue weighted by atomic mass is 19.1. The van der Waals surface area contributed by atoms with Crippen LogP contribution in [0.1, 0.15) is 38.8 Å². The van der Waals surface area contributed by atoms with Gasteiger partial charge in [-0.2, -0.15) is 0 Å². The van der Waals surface area contributed by atoms with Gasteiger partial charge in [0.1, 0.15) is 5.82 Å². The van der Waals surface area contributed by atoms with Crippen LogP contribution in [-0.4, -0.2) is 18.3 Å². The zero-order chi connectivity index (χ0) is 13.8. The molecule has 1 aromatic rings. The van der Waals surface area contributed by atoms with Crippen LogP contribution in [0, 0.1) is 5.82 Å². The summed E-state index contributed by atoms with van der Waals surface area (Å²) in [6.07, 6.45) is 4.57. The van der Waals surface area contributed by atoms with E-state index in [0.717, 1.165) is 11.1 Å². The first-order chi connectivity index (χ1) is 8.82. The summed E-state index contributed by atoms with van der Waals surface area (Å²) in [6, 6.07) is 3.70. The number of hydrogen-bond acceptors (Lipinski definition) is 2. The highest BCUT2D eigenvalue weighted by Gasteiger charge is 2.52. The van der Waals surface area contributed by atoms with Crippen molar-refractivity contribution in [2.45, 2.75) is 45.3 Å². The molecular formula is C15H18BFO2. The van der Waals surface area contributed by atoms with Gasteiger partial charge in [0.15, 0.2) is 0 Å². The summed E-state index contributed by atoms with van der Waals surface area (Å²) in [4.78, 5) is 0. The molecule has 1 fully saturated rings. The molecule has 1 aliphatic carbocycles. The van der Waals surface area contributed by atoms with Crippen LogP contribution >= 0.6 is 0 Å². The second-order valence-electron chi connectivity index (χ2n) is 6.23. The zero-order valence-electron chi connectivity index (χ0n) is 11.8. The quantitative estimate of drug-likeness (QED) is 0.723. The summed E-state index contributed by atoms with van der Waals surface area (Å²) < 4.78 is 26.3. The molecule has 1 aliphatic heterocycles. The molecule has 100 valence electrons. The fourth-order valence-electron chi connectivity index (χ4n) is 2.47. The van der Waals surface area contributed by atoms with Crippen LogP contribution < -0.4 is 5.46 Å². The second kappa shape index (κ2) is 3.93. The predicted octanol–water partition coefficient (Wildman–Crippen LogP) is 2.69. The summed E-state index contributed by atoms with van der Waals surface area (Å²) in [5.74, 6) is -0.194. The highest BCUT2D eigenvalue weighted by molar-refractivity contribution is 6.62. The molecule has 1 aromatic carbocycles. The third-order valence-electron chi connectivity index (χ3n) is 4.44. The molecule has 0 radical (unpaired) electrons. The number of rotatable bonds is 1. The smallest absolute Gasteiger partial charge is 0.399 e. The van der Waals surface area contributed by atoms with Crippen molar-refractivity contribution in [3.05, 3.63) is 35.2 Å². The Kier molecular flexibility index (Phi) is 2.67. The van der Waals surface area contributed by atoms with E-state index in [0.29, 0.717) is 11.9 Å². The van der Waals surface area contributed by atoms with Gasteiger partial charge in [0.25, 0.3) is 0 Å². The van der Waals surface area contributed by atoms with Crippen LogP contribution in [0.5, 0.6) is 0 Å². The van der Waals surface area contributed by atoms with Crippen LogP contribution in [-0.2, 0) is 15.7 Å². The Morgan fingerprint density at radius 1 is 1.11 bits per heavy atom. The average Bonchev–Trinajstić information content (AvgIpc) is 2.83. The standard InChI is InChI=1S/C15H18BFO2/c1-14(2)15(3,4)19-16(18-14)12-9-8-10-6-5-7-11(10)13(12)17/h5-6,8-9H,7H2,1-4H3. The molecule has 0 amide bonds. The lowest BCUT2D eigenvalue weighted by molar-refractivity contribution is 0.00578. The van der Waals surface area contributed by atoms with E-state index in [4.69, 9.17) is 9.31 Å². The molecule has 3 rings (SSSR count). The molecule has 0 saturated carbocycles. The van der Waals surface area contributed by atoms with Gasteiger partial charge >= 0.3 is 7.12 Å². The Labute approximate surface area is 113 Å². The van der Waals surface area contributed by atoms with Gasteiger partial charge in [-0.1, -0.05) is 24.3 Å². The Morgan fingerprint density at radius 2 is 1.74 bits per heavy atom. The zero-order valence-corrected chi connectivity index (χ0v) is 11.8. The molecule has 1 heterocycles. The van der Waals surface area contributed by atoms with Crippen molar-refractivity contribution in [2.24, 2.45) is 0 Å². The topological polar surface area (TPSA) is 18.5 Å². The van der Waals surface area contributed by atoms with Crippen molar-refractivity contribution in [2.75, 3.05) is 0 Å². The van der Waals surface area contributed by atoms with Gasteiger partial charge in [-0.3, -0.25) is 0 Å². The van der Waals surface area contributed by atoms with E-state index in [1.165, 1.54) is 0 Å². The van der Waals surface area contributed by atoms with Gasteiger partial charge in [0, 0.05) is 5.46 Å². The summed E-state index contributed by atoms with van der Waals surface area (Å²) in [5, 5.41) is 0. The molecule has 0 aromatic heterocycles. The van der Waals surface area contributed by atoms with Crippen molar-refractivity contribution < 1.29 is 13.7 Å². The molecule has 19 heavy (non-hydrogen) atoms. The van der Waals surface area contributed by atoms with E-state index >= 15 is 0 Å². The van der Waals surface area contributed by atoms with Crippen LogP contribution in [0.2, 0.25) is 0 Å². The Morgan fingerprint density at radius 3 is 2.37 bits per heavy atom. The molecule has 0 atom stereocenters. The van der Waals surface area contributed by atoms with E-state index in [1.54, 1.807) is 6.07 Å². The van der Waals surface area contributed by atoms with E-state index in [-0.39, 0.29) is 5.82 Å². The number of halogens is 1. The second-order valence-corrected chi connectivity index (χ2v) is 6.23. The maximum Gasteiger partial charge on any atom is 0.497 e. The molecule has 0 unspecified atom stereocenters. The van der Waals surface area contributed by atoms with E-state index in [2.05, 4.69) is 0 Å². The molecular weight excluding hydrogens is 242 g/mol. The van der Waals surface area contributed by atoms with Gasteiger partial charge in [-0.15, -0.1) is 0 Å². The third kappa shape index (κ3) is 1.85. The minimum Gasteiger partial charge on any atom is -0.399 e. The van der Waals surface area contributed by atoms with Gasteiger partial charge in [-0.05, 0) is 45.2 Å². The molecule has 0 N–H and O–H groups in total. The fourth-order valence-corrected chi connectivity index (χ4v) is 2.47. The molecule has 2 aliphatic rings. The maximum atomic E-state index is 14.5. The summed E-state index contributed by atoms with van der Waals surface area (Å²) >= 11 is 0. The average molecular weight is 260 g/mol. The number of hydrogen-bond donors (Lipinski definition) is 0. The minimum absolute atomic E-state index is 0.194. The van der Waals surface area contributed by atoms with Crippen molar-refractivity contribution in [3.8, 4) is 0 Å². The van der Waals surface area contributed by atoms with Gasteiger partial charge in [0.05, 0.1) is 11.2 Å². The number of benzene rings is 1.